The summed E-state index contributed by atoms with van der Waals surface area (Å²) >= 11 is 1.21. The molecule has 1 fully saturated rings. The number of benzene rings is 2. The summed E-state index contributed by atoms with van der Waals surface area (Å²) in [5, 5.41) is 17.7. The highest BCUT2D eigenvalue weighted by atomic mass is 32.2. The smallest absolute Gasteiger partial charge is 0.344 e. The molecule has 0 aliphatic carbocycles. The number of nitrogens with zero attached hydrogens (tertiary/aromatic N) is 3. The first kappa shape index (κ1) is 22.8. The lowest BCUT2D eigenvalue weighted by atomic mass is 10.1. The Hall–Kier alpha value is -2.89. The quantitative estimate of drug-likeness (QED) is 0.459. The van der Waals surface area contributed by atoms with Gasteiger partial charge < -0.3 is 9.64 Å². The van der Waals surface area contributed by atoms with E-state index in [0.29, 0.717) is 16.5 Å². The number of anilines is 1. The molecule has 0 N–H and O–H groups in total. The molecule has 0 aromatic heterocycles. The highest BCUT2D eigenvalue weighted by molar-refractivity contribution is 7.99. The Morgan fingerprint density at radius 1 is 1.00 bits per heavy atom. The van der Waals surface area contributed by atoms with Crippen LogP contribution in [0.25, 0.3) is 0 Å². The van der Waals surface area contributed by atoms with E-state index in [0.717, 1.165) is 17.0 Å². The van der Waals surface area contributed by atoms with Gasteiger partial charge in [0.05, 0.1) is 34.9 Å². The van der Waals surface area contributed by atoms with E-state index in [9.17, 15) is 26.3 Å². The molecule has 0 bridgehead atoms. The zero-order valence-electron chi connectivity index (χ0n) is 15.5. The molecule has 2 aromatic rings. The fraction of sp³-hybridized carbons (Fsp3) is 0.300. The van der Waals surface area contributed by atoms with Gasteiger partial charge in [0.25, 0.3) is 0 Å². The van der Waals surface area contributed by atoms with E-state index in [1.807, 2.05) is 6.07 Å². The second-order valence-corrected chi connectivity index (χ2v) is 7.68. The van der Waals surface area contributed by atoms with Crippen LogP contribution in [-0.2, 0) is 10.9 Å². The Bertz CT molecular complexity index is 1020. The van der Waals surface area contributed by atoms with Crippen molar-refractivity contribution in [1.29, 1.82) is 10.5 Å². The van der Waals surface area contributed by atoms with E-state index in [1.54, 1.807) is 24.3 Å². The fourth-order valence-corrected chi connectivity index (χ4v) is 3.95. The van der Waals surface area contributed by atoms with Crippen LogP contribution in [0.4, 0.5) is 32.0 Å². The van der Waals surface area contributed by atoms with Crippen LogP contribution in [0.1, 0.15) is 16.7 Å². The van der Waals surface area contributed by atoms with Crippen LogP contribution in [0.3, 0.4) is 0 Å². The molecule has 0 saturated carbocycles. The molecule has 0 amide bonds. The first-order chi connectivity index (χ1) is 14.5. The van der Waals surface area contributed by atoms with Crippen LogP contribution in [-0.4, -0.2) is 30.8 Å². The predicted molar refractivity (Wildman–Crippen MR) is 100 cm³/mol. The summed E-state index contributed by atoms with van der Waals surface area (Å²) in [6, 6.07) is 12.2. The van der Waals surface area contributed by atoms with Crippen molar-refractivity contribution < 1.29 is 31.1 Å². The normalized spacial score (nSPS) is 19.2. The maximum Gasteiger partial charge on any atom is 0.433 e. The molecule has 2 atom stereocenters. The van der Waals surface area contributed by atoms with Gasteiger partial charge in [-0.05, 0) is 42.5 Å². The molecule has 0 radical (unpaired) electrons. The van der Waals surface area contributed by atoms with Crippen molar-refractivity contribution in [3.05, 3.63) is 59.2 Å². The van der Waals surface area contributed by atoms with Gasteiger partial charge in [0.15, 0.2) is 0 Å². The summed E-state index contributed by atoms with van der Waals surface area (Å²) in [5.74, 6) is 0.122. The number of halogens is 6. The van der Waals surface area contributed by atoms with Gasteiger partial charge in [0.1, 0.15) is 0 Å². The van der Waals surface area contributed by atoms with Crippen molar-refractivity contribution in [1.82, 2.24) is 0 Å². The van der Waals surface area contributed by atoms with E-state index < -0.39 is 35.8 Å². The molecule has 1 saturated heterocycles. The molecular formula is C20H13F6N3OS. The molecule has 1 aliphatic heterocycles. The second-order valence-electron chi connectivity index (χ2n) is 6.59. The monoisotopic (exact) mass is 457 g/mol. The maximum atomic E-state index is 13.5. The van der Waals surface area contributed by atoms with E-state index in [2.05, 4.69) is 0 Å². The second kappa shape index (κ2) is 8.69. The molecule has 0 unspecified atom stereocenters. The number of hydrogen-bond donors (Lipinski definition) is 0. The number of rotatable bonds is 4. The molecule has 3 rings (SSSR count). The summed E-state index contributed by atoms with van der Waals surface area (Å²) in [5.41, 5.74) is -1.87. The Kier molecular flexibility index (Phi) is 6.39. The van der Waals surface area contributed by atoms with Gasteiger partial charge in [-0.15, -0.1) is 11.8 Å². The number of hydrogen-bond acceptors (Lipinski definition) is 5. The predicted octanol–water partition coefficient (Wildman–Crippen LogP) is 5.33. The van der Waals surface area contributed by atoms with Gasteiger partial charge in [-0.1, -0.05) is 0 Å². The molecular weight excluding hydrogens is 444 g/mol. The molecule has 2 aromatic carbocycles. The van der Waals surface area contributed by atoms with Crippen LogP contribution in [0.5, 0.6) is 0 Å². The third-order valence-electron chi connectivity index (χ3n) is 4.46. The van der Waals surface area contributed by atoms with Crippen molar-refractivity contribution in [3.8, 4) is 12.1 Å². The number of alkyl halides is 6. The lowest BCUT2D eigenvalue weighted by Crippen LogP contribution is -2.42. The average molecular weight is 457 g/mol. The Morgan fingerprint density at radius 3 is 2.23 bits per heavy atom. The number of nitriles is 2. The minimum atomic E-state index is -4.89. The van der Waals surface area contributed by atoms with Gasteiger partial charge in [-0.3, -0.25) is 0 Å². The molecule has 0 spiro atoms. The highest BCUT2D eigenvalue weighted by Gasteiger charge is 2.51. The third kappa shape index (κ3) is 5.24. The molecule has 1 heterocycles. The molecule has 4 nitrogen and oxygen atoms in total. The first-order valence-electron chi connectivity index (χ1n) is 8.76. The van der Waals surface area contributed by atoms with Gasteiger partial charge in [-0.25, -0.2) is 0 Å². The molecule has 11 heteroatoms. The Morgan fingerprint density at radius 2 is 1.68 bits per heavy atom. The van der Waals surface area contributed by atoms with Crippen molar-refractivity contribution in [3.63, 3.8) is 0 Å². The summed E-state index contributed by atoms with van der Waals surface area (Å²) < 4.78 is 85.4. The highest BCUT2D eigenvalue weighted by Crippen LogP contribution is 2.39. The average Bonchev–Trinajstić information content (AvgIpc) is 3.16. The minimum Gasteiger partial charge on any atom is -0.344 e. The van der Waals surface area contributed by atoms with Crippen molar-refractivity contribution in [2.75, 3.05) is 17.2 Å². The van der Waals surface area contributed by atoms with Crippen molar-refractivity contribution in [2.45, 2.75) is 29.6 Å². The zero-order valence-corrected chi connectivity index (χ0v) is 16.4. The summed E-state index contributed by atoms with van der Waals surface area (Å²) in [6.45, 7) is -0.281. The summed E-state index contributed by atoms with van der Waals surface area (Å²) in [4.78, 5) is 1.43. The zero-order chi connectivity index (χ0) is 22.8. The van der Waals surface area contributed by atoms with Crippen LogP contribution in [0.15, 0.2) is 47.4 Å². The van der Waals surface area contributed by atoms with E-state index in [-0.39, 0.29) is 18.0 Å². The number of thioether (sulfide) groups is 1. The summed E-state index contributed by atoms with van der Waals surface area (Å²) in [7, 11) is 0. The lowest BCUT2D eigenvalue weighted by Gasteiger charge is -2.27. The van der Waals surface area contributed by atoms with E-state index in [4.69, 9.17) is 15.3 Å². The van der Waals surface area contributed by atoms with Gasteiger partial charge in [0.2, 0.25) is 6.23 Å². The lowest BCUT2D eigenvalue weighted by molar-refractivity contribution is -0.212. The SMILES string of the molecule is N#Cc1ccc(SC[C@@H]2CN(c3ccc(C#N)c(C(F)(F)F)c3)[C@@H](C(F)(F)F)O2)cc1. The number of ether oxygens (including phenoxy) is 1. The molecule has 162 valence electrons. The van der Waals surface area contributed by atoms with Crippen molar-refractivity contribution >= 4 is 17.4 Å². The fourth-order valence-electron chi connectivity index (χ4n) is 3.06. The van der Waals surface area contributed by atoms with Crippen LogP contribution < -0.4 is 4.90 Å². The standard InChI is InChI=1S/C20H13F6N3OS/c21-19(22,23)17-7-14(4-3-13(17)9-28)29-10-15(30-18(29)20(24,25)26)11-31-16-5-1-12(8-27)2-6-16/h1-7,15,18H,10-11H2/t15-,18+/m0/s1. The largest absolute Gasteiger partial charge is 0.433 e. The van der Waals surface area contributed by atoms with Crippen LogP contribution in [0.2, 0.25) is 0 Å². The maximum absolute atomic E-state index is 13.5. The first-order valence-corrected chi connectivity index (χ1v) is 9.74. The van der Waals surface area contributed by atoms with E-state index >= 15 is 0 Å². The van der Waals surface area contributed by atoms with E-state index in [1.165, 1.54) is 17.8 Å². The Labute approximate surface area is 177 Å². The topological polar surface area (TPSA) is 60.0 Å². The van der Waals surface area contributed by atoms with Crippen LogP contribution in [0, 0.1) is 22.7 Å². The minimum absolute atomic E-state index is 0.122. The van der Waals surface area contributed by atoms with Crippen molar-refractivity contribution in [2.24, 2.45) is 0 Å². The summed E-state index contributed by atoms with van der Waals surface area (Å²) in [6.07, 6.45) is -13.0. The molecule has 1 aliphatic rings. The van der Waals surface area contributed by atoms with Gasteiger partial charge in [0, 0.05) is 22.9 Å². The molecule has 31 heavy (non-hydrogen) atoms. The van der Waals surface area contributed by atoms with Gasteiger partial charge >= 0.3 is 12.4 Å². The van der Waals surface area contributed by atoms with Gasteiger partial charge in [-0.2, -0.15) is 36.9 Å². The Balaban J connectivity index is 1.82. The third-order valence-corrected chi connectivity index (χ3v) is 5.61. The van der Waals surface area contributed by atoms with Crippen LogP contribution >= 0.6 is 11.8 Å².